The van der Waals surface area contributed by atoms with E-state index in [9.17, 15) is 9.59 Å². The molecule has 1 aromatic heterocycles. The summed E-state index contributed by atoms with van der Waals surface area (Å²) < 4.78 is 6.69. The zero-order chi connectivity index (χ0) is 28.1. The van der Waals surface area contributed by atoms with Crippen molar-refractivity contribution >= 4 is 71.7 Å². The van der Waals surface area contributed by atoms with Gasteiger partial charge >= 0.3 is 0 Å². The fraction of sp³-hybridized carbons (Fsp3) is 0.296. The first kappa shape index (κ1) is 29.7. The van der Waals surface area contributed by atoms with Gasteiger partial charge in [-0.25, -0.2) is 0 Å². The lowest BCUT2D eigenvalue weighted by atomic mass is 10.1. The molecule has 1 heterocycles. The van der Waals surface area contributed by atoms with E-state index in [2.05, 4.69) is 49.5 Å². The van der Waals surface area contributed by atoms with Crippen LogP contribution >= 0.6 is 34.5 Å². The number of halogens is 2. The second kappa shape index (κ2) is 12.3. The number of carbonyl (C=O) groups is 2. The molecule has 0 saturated carbocycles. The Kier molecular flexibility index (Phi) is 9.63. The molecule has 7 nitrogen and oxygen atoms in total. The Morgan fingerprint density at radius 2 is 1.71 bits per heavy atom. The number of anilines is 3. The Hall–Kier alpha value is -2.87. The lowest BCUT2D eigenvalue weighted by Crippen LogP contribution is -2.42. The maximum atomic E-state index is 13.1. The van der Waals surface area contributed by atoms with Crippen LogP contribution in [0.2, 0.25) is 27.5 Å². The van der Waals surface area contributed by atoms with Crippen molar-refractivity contribution in [1.29, 1.82) is 0 Å². The monoisotopic (exact) mass is 588 g/mol. The summed E-state index contributed by atoms with van der Waals surface area (Å²) in [5, 5.41) is 7.59. The van der Waals surface area contributed by atoms with Crippen LogP contribution in [0.3, 0.4) is 0 Å². The molecule has 2 aromatic carbocycles. The van der Waals surface area contributed by atoms with Gasteiger partial charge in [-0.1, -0.05) is 49.0 Å². The zero-order valence-corrected chi connectivity index (χ0v) is 25.2. The Bertz CT molecular complexity index is 1350. The molecule has 0 fully saturated rings. The van der Waals surface area contributed by atoms with Gasteiger partial charge in [0.1, 0.15) is 12.2 Å². The molecular weight excluding hydrogens is 559 g/mol. The summed E-state index contributed by atoms with van der Waals surface area (Å²) in [7, 11) is -1.90. The van der Waals surface area contributed by atoms with Gasteiger partial charge in [-0.15, -0.1) is 11.3 Å². The van der Waals surface area contributed by atoms with Gasteiger partial charge in [0, 0.05) is 10.7 Å². The summed E-state index contributed by atoms with van der Waals surface area (Å²) in [5.41, 5.74) is 1.77. The number of nitrogens with zero attached hydrogens (tertiary/aromatic N) is 2. The van der Waals surface area contributed by atoms with Crippen molar-refractivity contribution in [3.63, 3.8) is 0 Å². The zero-order valence-electron chi connectivity index (χ0n) is 21.9. The van der Waals surface area contributed by atoms with Crippen LogP contribution in [-0.4, -0.2) is 33.3 Å². The van der Waals surface area contributed by atoms with Gasteiger partial charge in [-0.3, -0.25) is 9.59 Å². The van der Waals surface area contributed by atoms with Crippen molar-refractivity contribution in [2.45, 2.75) is 38.9 Å². The molecule has 0 radical (unpaired) electrons. The first-order valence-electron chi connectivity index (χ1n) is 11.9. The highest BCUT2D eigenvalue weighted by molar-refractivity contribution is 7.18. The van der Waals surface area contributed by atoms with Crippen LogP contribution in [0.25, 0.3) is 4.95 Å². The molecule has 0 bridgehead atoms. The smallest absolute Gasteiger partial charge is 0.265 e. The third kappa shape index (κ3) is 7.59. The van der Waals surface area contributed by atoms with E-state index in [0.717, 1.165) is 11.3 Å². The first-order valence-corrected chi connectivity index (χ1v) is 16.4. The lowest BCUT2D eigenvalue weighted by molar-refractivity contribution is 0.102. The number of amides is 2. The SMILES string of the molecule is [C-]#[N+]N(CCO[Si](C)(C)C(C)(C)C)c1ccc(NC(=O)c2ccc(Cl)cc2NC(=O)c2ccc(Cl)s2)cc1. The molecule has 0 unspecified atom stereocenters. The highest BCUT2D eigenvalue weighted by atomic mass is 35.5. The Labute approximate surface area is 238 Å². The average Bonchev–Trinajstić information content (AvgIpc) is 3.28. The van der Waals surface area contributed by atoms with E-state index in [0.29, 0.717) is 38.8 Å². The van der Waals surface area contributed by atoms with Crippen molar-refractivity contribution in [2.75, 3.05) is 28.8 Å². The van der Waals surface area contributed by atoms with Crippen molar-refractivity contribution in [3.8, 4) is 0 Å². The predicted octanol–water partition coefficient (Wildman–Crippen LogP) is 8.22. The first-order chi connectivity index (χ1) is 17.8. The van der Waals surface area contributed by atoms with E-state index < -0.39 is 14.2 Å². The summed E-state index contributed by atoms with van der Waals surface area (Å²) in [6, 6.07) is 14.9. The lowest BCUT2D eigenvalue weighted by Gasteiger charge is -2.36. The largest absolute Gasteiger partial charge is 0.415 e. The second-order valence-corrected chi connectivity index (χ2v) is 17.0. The molecule has 200 valence electrons. The third-order valence-electron chi connectivity index (χ3n) is 6.39. The van der Waals surface area contributed by atoms with Crippen molar-refractivity contribution in [1.82, 2.24) is 0 Å². The standard InChI is InChI=1S/C27H30Cl2N4O3SSi/c1-27(2,3)38(5,6)36-16-15-33(30-4)20-10-8-19(9-11-20)31-25(34)21-12-7-18(28)17-22(21)32-26(35)23-13-14-24(29)37-23/h7-14,17H,15-16H2,1-3,5-6H3,(H,31,34)(H,32,35). The van der Waals surface area contributed by atoms with Gasteiger partial charge in [0.2, 0.25) is 0 Å². The number of carbonyl (C=O) groups excluding carboxylic acids is 2. The minimum atomic E-state index is -1.90. The molecule has 2 amide bonds. The molecule has 2 N–H and O–H groups in total. The van der Waals surface area contributed by atoms with Gasteiger partial charge in [0.25, 0.3) is 11.8 Å². The molecule has 38 heavy (non-hydrogen) atoms. The quantitative estimate of drug-likeness (QED) is 0.150. The maximum absolute atomic E-state index is 13.1. The molecular formula is C27H30Cl2N4O3SSi. The van der Waals surface area contributed by atoms with Crippen LogP contribution in [0.15, 0.2) is 54.6 Å². The highest BCUT2D eigenvalue weighted by Gasteiger charge is 2.37. The topological polar surface area (TPSA) is 75.0 Å². The second-order valence-electron chi connectivity index (χ2n) is 10.1. The van der Waals surface area contributed by atoms with Gasteiger partial charge in [-0.2, -0.15) is 11.5 Å². The number of hydrogen-bond donors (Lipinski definition) is 2. The summed E-state index contributed by atoms with van der Waals surface area (Å²) in [4.78, 5) is 29.7. The van der Waals surface area contributed by atoms with Crippen LogP contribution in [-0.2, 0) is 4.43 Å². The molecule has 3 aromatic rings. The van der Waals surface area contributed by atoms with Crippen molar-refractivity contribution in [3.05, 3.63) is 85.9 Å². The number of nitrogens with one attached hydrogen (secondary N) is 2. The van der Waals surface area contributed by atoms with Crippen LogP contribution in [0.4, 0.5) is 17.1 Å². The number of thiophene rings is 1. The fourth-order valence-corrected chi connectivity index (χ4v) is 5.34. The van der Waals surface area contributed by atoms with Gasteiger partial charge in [0.05, 0.1) is 27.1 Å². The number of rotatable bonds is 9. The summed E-state index contributed by atoms with van der Waals surface area (Å²) >= 11 is 13.2. The van der Waals surface area contributed by atoms with E-state index in [1.807, 2.05) is 0 Å². The normalized spacial score (nSPS) is 11.5. The van der Waals surface area contributed by atoms with Crippen LogP contribution < -0.4 is 15.6 Å². The van der Waals surface area contributed by atoms with E-state index in [4.69, 9.17) is 34.2 Å². The molecule has 3 rings (SSSR count). The van der Waals surface area contributed by atoms with Crippen LogP contribution in [0.5, 0.6) is 0 Å². The minimum absolute atomic E-state index is 0.0974. The van der Waals surface area contributed by atoms with Crippen LogP contribution in [0.1, 0.15) is 40.8 Å². The van der Waals surface area contributed by atoms with E-state index >= 15 is 0 Å². The van der Waals surface area contributed by atoms with E-state index in [1.165, 1.54) is 6.07 Å². The number of benzene rings is 2. The van der Waals surface area contributed by atoms with Crippen LogP contribution in [0, 0.1) is 6.57 Å². The predicted molar refractivity (Wildman–Crippen MR) is 160 cm³/mol. The van der Waals surface area contributed by atoms with E-state index in [1.54, 1.807) is 53.5 Å². The molecule has 0 atom stereocenters. The Balaban J connectivity index is 1.67. The van der Waals surface area contributed by atoms with Crippen molar-refractivity contribution < 1.29 is 14.0 Å². The summed E-state index contributed by atoms with van der Waals surface area (Å²) in [5.74, 6) is -0.807. The maximum Gasteiger partial charge on any atom is 0.265 e. The summed E-state index contributed by atoms with van der Waals surface area (Å²) in [6.45, 7) is 19.4. The van der Waals surface area contributed by atoms with Gasteiger partial charge < -0.3 is 15.1 Å². The Morgan fingerprint density at radius 1 is 1.03 bits per heavy atom. The molecule has 0 saturated heterocycles. The van der Waals surface area contributed by atoms with E-state index in [-0.39, 0.29) is 22.2 Å². The molecule has 0 spiro atoms. The highest BCUT2D eigenvalue weighted by Crippen LogP contribution is 2.36. The fourth-order valence-electron chi connectivity index (χ4n) is 3.19. The molecule has 0 aliphatic heterocycles. The van der Waals surface area contributed by atoms with Gasteiger partial charge in [-0.05, 0) is 72.7 Å². The summed E-state index contributed by atoms with van der Waals surface area (Å²) in [6.07, 6.45) is 0. The third-order valence-corrected chi connectivity index (χ3v) is 12.4. The van der Waals surface area contributed by atoms with Crippen molar-refractivity contribution in [2.24, 2.45) is 0 Å². The Morgan fingerprint density at radius 3 is 2.29 bits per heavy atom. The number of hydrogen-bond acceptors (Lipinski definition) is 5. The molecule has 0 aliphatic carbocycles. The van der Waals surface area contributed by atoms with Gasteiger partial charge in [0.15, 0.2) is 8.32 Å². The molecule has 11 heteroatoms. The molecule has 0 aliphatic rings. The minimum Gasteiger partial charge on any atom is -0.415 e. The average molecular weight is 590 g/mol.